The highest BCUT2D eigenvalue weighted by atomic mass is 35.5. The Morgan fingerprint density at radius 2 is 1.86 bits per heavy atom. The van der Waals surface area contributed by atoms with Crippen LogP contribution in [0.25, 0.3) is 0 Å². The fraction of sp³-hybridized carbons (Fsp3) is 0.133. The first-order valence-electron chi connectivity index (χ1n) is 6.15. The lowest BCUT2D eigenvalue weighted by atomic mass is 10.2. The van der Waals surface area contributed by atoms with Crippen LogP contribution in [-0.2, 0) is 0 Å². The van der Waals surface area contributed by atoms with Gasteiger partial charge in [0.15, 0.2) is 17.3 Å². The number of aryl methyl sites for hydroxylation is 1. The first kappa shape index (κ1) is 15.0. The number of rotatable bonds is 4. The van der Waals surface area contributed by atoms with Crippen molar-refractivity contribution in [2.24, 2.45) is 10.9 Å². The number of amidine groups is 1. The minimum atomic E-state index is -0.0846. The largest absolute Gasteiger partial charge is 0.493 e. The molecule has 0 bridgehead atoms. The lowest BCUT2D eigenvalue weighted by Crippen LogP contribution is -2.14. The van der Waals surface area contributed by atoms with Gasteiger partial charge < -0.3 is 20.4 Å². The molecule has 2 aromatic rings. The van der Waals surface area contributed by atoms with Gasteiger partial charge in [-0.3, -0.25) is 0 Å². The van der Waals surface area contributed by atoms with Crippen LogP contribution in [0.1, 0.15) is 11.1 Å². The van der Waals surface area contributed by atoms with E-state index in [1.54, 1.807) is 31.4 Å². The predicted octanol–water partition coefficient (Wildman–Crippen LogP) is 3.54. The van der Waals surface area contributed by atoms with Crippen LogP contribution in [0.5, 0.6) is 17.2 Å². The van der Waals surface area contributed by atoms with Gasteiger partial charge in [-0.1, -0.05) is 22.8 Å². The van der Waals surface area contributed by atoms with Crippen molar-refractivity contribution in [1.82, 2.24) is 0 Å². The van der Waals surface area contributed by atoms with Gasteiger partial charge in [-0.25, -0.2) is 0 Å². The van der Waals surface area contributed by atoms with Crippen molar-refractivity contribution in [3.63, 3.8) is 0 Å². The zero-order chi connectivity index (χ0) is 15.4. The molecule has 110 valence electrons. The van der Waals surface area contributed by atoms with Gasteiger partial charge in [0.2, 0.25) is 0 Å². The summed E-state index contributed by atoms with van der Waals surface area (Å²) in [6, 6.07) is 10.4. The molecule has 0 aliphatic heterocycles. The molecule has 21 heavy (non-hydrogen) atoms. The molecule has 0 saturated heterocycles. The summed E-state index contributed by atoms with van der Waals surface area (Å²) in [4.78, 5) is 0. The number of oxime groups is 1. The Kier molecular flexibility index (Phi) is 4.55. The predicted molar refractivity (Wildman–Crippen MR) is 81.8 cm³/mol. The topological polar surface area (TPSA) is 77.1 Å². The highest BCUT2D eigenvalue weighted by Gasteiger charge is 2.13. The second kappa shape index (κ2) is 6.37. The number of benzene rings is 2. The van der Waals surface area contributed by atoms with Gasteiger partial charge in [0.1, 0.15) is 5.75 Å². The van der Waals surface area contributed by atoms with Gasteiger partial charge in [-0.15, -0.1) is 0 Å². The SMILES string of the molecule is COc1cc(C)ccc1Oc1ccc(Cl)cc1C(N)=NO. The van der Waals surface area contributed by atoms with Gasteiger partial charge in [0.25, 0.3) is 0 Å². The minimum absolute atomic E-state index is 0.0846. The fourth-order valence-electron chi connectivity index (χ4n) is 1.82. The van der Waals surface area contributed by atoms with Gasteiger partial charge in [-0.2, -0.15) is 0 Å². The van der Waals surface area contributed by atoms with E-state index in [2.05, 4.69) is 5.16 Å². The van der Waals surface area contributed by atoms with Crippen LogP contribution in [0.2, 0.25) is 5.02 Å². The zero-order valence-corrected chi connectivity index (χ0v) is 12.4. The maximum atomic E-state index is 8.85. The van der Waals surface area contributed by atoms with E-state index in [0.29, 0.717) is 27.8 Å². The van der Waals surface area contributed by atoms with Crippen molar-refractivity contribution >= 4 is 17.4 Å². The van der Waals surface area contributed by atoms with Crippen molar-refractivity contribution < 1.29 is 14.7 Å². The summed E-state index contributed by atoms with van der Waals surface area (Å²) in [7, 11) is 1.56. The monoisotopic (exact) mass is 306 g/mol. The van der Waals surface area contributed by atoms with Crippen molar-refractivity contribution in [3.8, 4) is 17.2 Å². The van der Waals surface area contributed by atoms with Crippen LogP contribution in [0.4, 0.5) is 0 Å². The third-order valence-electron chi connectivity index (χ3n) is 2.86. The molecule has 6 heteroatoms. The van der Waals surface area contributed by atoms with Gasteiger partial charge in [0.05, 0.1) is 12.7 Å². The molecule has 2 rings (SSSR count). The van der Waals surface area contributed by atoms with Crippen molar-refractivity contribution in [2.75, 3.05) is 7.11 Å². The maximum Gasteiger partial charge on any atom is 0.173 e. The molecule has 0 spiro atoms. The summed E-state index contributed by atoms with van der Waals surface area (Å²) in [6.07, 6.45) is 0. The summed E-state index contributed by atoms with van der Waals surface area (Å²) in [6.45, 7) is 1.95. The quantitative estimate of drug-likeness (QED) is 0.392. The summed E-state index contributed by atoms with van der Waals surface area (Å²) < 4.78 is 11.1. The summed E-state index contributed by atoms with van der Waals surface area (Å²) in [5, 5.41) is 12.3. The van der Waals surface area contributed by atoms with E-state index in [0.717, 1.165) is 5.56 Å². The molecular formula is C15H15ClN2O3. The molecule has 0 aromatic heterocycles. The van der Waals surface area contributed by atoms with E-state index in [1.807, 2.05) is 19.1 Å². The highest BCUT2D eigenvalue weighted by Crippen LogP contribution is 2.34. The maximum absolute atomic E-state index is 8.85. The molecule has 2 aromatic carbocycles. The van der Waals surface area contributed by atoms with Crippen LogP contribution < -0.4 is 15.2 Å². The van der Waals surface area contributed by atoms with E-state index >= 15 is 0 Å². The van der Waals surface area contributed by atoms with Crippen molar-refractivity contribution in [2.45, 2.75) is 6.92 Å². The molecule has 0 atom stereocenters. The zero-order valence-electron chi connectivity index (χ0n) is 11.6. The lowest BCUT2D eigenvalue weighted by molar-refractivity contribution is 0.318. The van der Waals surface area contributed by atoms with E-state index < -0.39 is 0 Å². The number of methoxy groups -OCH3 is 1. The average Bonchev–Trinajstić information content (AvgIpc) is 2.49. The number of halogens is 1. The number of ether oxygens (including phenoxy) is 2. The molecule has 0 amide bonds. The van der Waals surface area contributed by atoms with Crippen LogP contribution >= 0.6 is 11.6 Å². The Balaban J connectivity index is 2.45. The third kappa shape index (κ3) is 3.38. The van der Waals surface area contributed by atoms with Crippen LogP contribution in [-0.4, -0.2) is 18.2 Å². The van der Waals surface area contributed by atoms with Crippen molar-refractivity contribution in [3.05, 3.63) is 52.5 Å². The number of nitrogens with zero attached hydrogens (tertiary/aromatic N) is 1. The highest BCUT2D eigenvalue weighted by molar-refractivity contribution is 6.31. The molecule has 5 nitrogen and oxygen atoms in total. The molecular weight excluding hydrogens is 292 g/mol. The number of hydrogen-bond acceptors (Lipinski definition) is 4. The average molecular weight is 307 g/mol. The Morgan fingerprint density at radius 3 is 2.52 bits per heavy atom. The lowest BCUT2D eigenvalue weighted by Gasteiger charge is -2.13. The number of nitrogens with two attached hydrogens (primary N) is 1. The van der Waals surface area contributed by atoms with Crippen molar-refractivity contribution in [1.29, 1.82) is 0 Å². The molecule has 0 aliphatic carbocycles. The second-order valence-electron chi connectivity index (χ2n) is 4.38. The third-order valence-corrected chi connectivity index (χ3v) is 3.10. The fourth-order valence-corrected chi connectivity index (χ4v) is 1.99. The normalized spacial score (nSPS) is 11.3. The Labute approximate surface area is 127 Å². The first-order chi connectivity index (χ1) is 10.0. The van der Waals surface area contributed by atoms with Crippen LogP contribution in [0.15, 0.2) is 41.6 Å². The summed E-state index contributed by atoms with van der Waals surface area (Å²) in [5.41, 5.74) is 7.09. The standard InChI is InChI=1S/C15H15ClN2O3/c1-9-3-5-13(14(7-9)20-2)21-12-6-4-10(16)8-11(12)15(17)18-19/h3-8,19H,1-2H3,(H2,17,18). The molecule has 0 radical (unpaired) electrons. The Hall–Kier alpha value is -2.40. The van der Waals surface area contributed by atoms with E-state index in [-0.39, 0.29) is 5.84 Å². The van der Waals surface area contributed by atoms with Gasteiger partial charge in [-0.05, 0) is 42.8 Å². The number of hydrogen-bond donors (Lipinski definition) is 2. The van der Waals surface area contributed by atoms with Crippen LogP contribution in [0, 0.1) is 6.92 Å². The molecule has 0 saturated carbocycles. The molecule has 3 N–H and O–H groups in total. The smallest absolute Gasteiger partial charge is 0.173 e. The molecule has 0 fully saturated rings. The molecule has 0 heterocycles. The molecule has 0 aliphatic rings. The summed E-state index contributed by atoms with van der Waals surface area (Å²) >= 11 is 5.93. The van der Waals surface area contributed by atoms with E-state index in [9.17, 15) is 0 Å². The van der Waals surface area contributed by atoms with E-state index in [1.165, 1.54) is 0 Å². The minimum Gasteiger partial charge on any atom is -0.493 e. The second-order valence-corrected chi connectivity index (χ2v) is 4.82. The summed E-state index contributed by atoms with van der Waals surface area (Å²) in [5.74, 6) is 1.45. The van der Waals surface area contributed by atoms with E-state index in [4.69, 9.17) is 32.0 Å². The first-order valence-corrected chi connectivity index (χ1v) is 6.53. The Bertz CT molecular complexity index is 687. The Morgan fingerprint density at radius 1 is 1.14 bits per heavy atom. The molecule has 0 unspecified atom stereocenters. The van der Waals surface area contributed by atoms with Gasteiger partial charge >= 0.3 is 0 Å². The van der Waals surface area contributed by atoms with Crippen LogP contribution in [0.3, 0.4) is 0 Å². The van der Waals surface area contributed by atoms with Gasteiger partial charge in [0, 0.05) is 5.02 Å².